The van der Waals surface area contributed by atoms with Gasteiger partial charge in [0, 0.05) is 10.6 Å². The largest absolute Gasteiger partial charge is 0.493 e. The molecule has 1 aliphatic rings. The quantitative estimate of drug-likeness (QED) is 0.694. The van der Waals surface area contributed by atoms with Gasteiger partial charge in [-0.2, -0.15) is 0 Å². The van der Waals surface area contributed by atoms with Crippen molar-refractivity contribution in [2.75, 3.05) is 6.61 Å². The van der Waals surface area contributed by atoms with E-state index in [1.54, 1.807) is 30.3 Å². The van der Waals surface area contributed by atoms with E-state index in [0.29, 0.717) is 22.3 Å². The highest BCUT2D eigenvalue weighted by Crippen LogP contribution is 2.34. The van der Waals surface area contributed by atoms with E-state index in [2.05, 4.69) is 0 Å². The molecule has 1 heterocycles. The summed E-state index contributed by atoms with van der Waals surface area (Å²) in [5.41, 5.74) is 1.63. The lowest BCUT2D eigenvalue weighted by Gasteiger charge is -2.12. The van der Waals surface area contributed by atoms with Gasteiger partial charge in [0.25, 0.3) is 11.1 Å². The molecule has 2 aromatic rings. The third-order valence-electron chi connectivity index (χ3n) is 3.63. The number of carbonyl (C=O) groups is 2. The zero-order chi connectivity index (χ0) is 17.8. The van der Waals surface area contributed by atoms with Crippen LogP contribution in [0.4, 0.5) is 4.79 Å². The minimum atomic E-state index is -0.295. The van der Waals surface area contributed by atoms with Crippen molar-refractivity contribution in [3.63, 3.8) is 0 Å². The Bertz CT molecular complexity index is 833. The molecular formula is C19H16ClNO3S. The highest BCUT2D eigenvalue weighted by atomic mass is 35.5. The summed E-state index contributed by atoms with van der Waals surface area (Å²) in [5, 5.41) is 0.338. The summed E-state index contributed by atoms with van der Waals surface area (Å²) < 4.78 is 5.57. The zero-order valence-corrected chi connectivity index (χ0v) is 15.1. The topological polar surface area (TPSA) is 46.6 Å². The van der Waals surface area contributed by atoms with Gasteiger partial charge < -0.3 is 4.74 Å². The molecule has 1 aliphatic heterocycles. The van der Waals surface area contributed by atoms with Crippen LogP contribution in [-0.2, 0) is 11.3 Å². The number of halogens is 1. The normalized spacial score (nSPS) is 15.9. The zero-order valence-electron chi connectivity index (χ0n) is 13.6. The number of hydrogen-bond donors (Lipinski definition) is 0. The molecule has 0 N–H and O–H groups in total. The van der Waals surface area contributed by atoms with Crippen LogP contribution in [0.25, 0.3) is 6.08 Å². The van der Waals surface area contributed by atoms with Crippen LogP contribution in [0.2, 0.25) is 5.02 Å². The molecule has 1 fully saturated rings. The molecule has 0 bridgehead atoms. The molecule has 25 heavy (non-hydrogen) atoms. The monoisotopic (exact) mass is 373 g/mol. The Morgan fingerprint density at radius 3 is 2.56 bits per heavy atom. The summed E-state index contributed by atoms with van der Waals surface area (Å²) in [6.07, 6.45) is 1.71. The molecule has 128 valence electrons. The lowest BCUT2D eigenvalue weighted by molar-refractivity contribution is -0.123. The average molecular weight is 374 g/mol. The van der Waals surface area contributed by atoms with Gasteiger partial charge in [-0.25, -0.2) is 0 Å². The molecule has 4 nitrogen and oxygen atoms in total. The number of imide groups is 1. The number of benzene rings is 2. The number of nitrogens with zero attached hydrogens (tertiary/aromatic N) is 1. The standard InChI is InChI=1S/C19H16ClNO3S/c1-2-24-16-6-4-3-5-14(16)11-17-18(22)21(19(23)25-17)12-13-7-9-15(20)10-8-13/h3-11H,2,12H2,1H3/b17-11-. The summed E-state index contributed by atoms with van der Waals surface area (Å²) in [6.45, 7) is 2.66. The van der Waals surface area contributed by atoms with E-state index in [1.165, 1.54) is 4.90 Å². The first-order valence-electron chi connectivity index (χ1n) is 7.80. The second kappa shape index (κ2) is 7.76. The Morgan fingerprint density at radius 2 is 1.84 bits per heavy atom. The van der Waals surface area contributed by atoms with E-state index in [9.17, 15) is 9.59 Å². The van der Waals surface area contributed by atoms with Crippen LogP contribution in [0.15, 0.2) is 53.4 Å². The molecule has 1 saturated heterocycles. The second-order valence-corrected chi connectivity index (χ2v) is 6.79. The summed E-state index contributed by atoms with van der Waals surface area (Å²) in [7, 11) is 0. The minimum Gasteiger partial charge on any atom is -0.493 e. The van der Waals surface area contributed by atoms with E-state index >= 15 is 0 Å². The highest BCUT2D eigenvalue weighted by Gasteiger charge is 2.35. The maximum atomic E-state index is 12.6. The summed E-state index contributed by atoms with van der Waals surface area (Å²) >= 11 is 6.81. The van der Waals surface area contributed by atoms with Crippen molar-refractivity contribution in [2.24, 2.45) is 0 Å². The smallest absolute Gasteiger partial charge is 0.293 e. The van der Waals surface area contributed by atoms with Crippen molar-refractivity contribution in [3.8, 4) is 5.75 Å². The third kappa shape index (κ3) is 4.06. The number of para-hydroxylation sites is 1. The van der Waals surface area contributed by atoms with Crippen LogP contribution in [0.5, 0.6) is 5.75 Å². The summed E-state index contributed by atoms with van der Waals surface area (Å²) in [5.74, 6) is 0.394. The van der Waals surface area contributed by atoms with Crippen LogP contribution in [0.1, 0.15) is 18.1 Å². The number of thioether (sulfide) groups is 1. The fourth-order valence-electron chi connectivity index (χ4n) is 2.44. The molecule has 6 heteroatoms. The van der Waals surface area contributed by atoms with Crippen molar-refractivity contribution >= 4 is 40.6 Å². The van der Waals surface area contributed by atoms with Crippen LogP contribution < -0.4 is 4.74 Å². The number of carbonyl (C=O) groups excluding carboxylic acids is 2. The molecule has 0 aliphatic carbocycles. The van der Waals surface area contributed by atoms with Gasteiger partial charge in [-0.3, -0.25) is 14.5 Å². The Hall–Kier alpha value is -2.24. The lowest BCUT2D eigenvalue weighted by atomic mass is 10.1. The minimum absolute atomic E-state index is 0.228. The molecule has 0 aromatic heterocycles. The van der Waals surface area contributed by atoms with Crippen molar-refractivity contribution in [2.45, 2.75) is 13.5 Å². The molecule has 0 unspecified atom stereocenters. The lowest BCUT2D eigenvalue weighted by Crippen LogP contribution is -2.27. The third-order valence-corrected chi connectivity index (χ3v) is 4.79. The Kier molecular flexibility index (Phi) is 5.46. The van der Waals surface area contributed by atoms with Gasteiger partial charge >= 0.3 is 0 Å². The fourth-order valence-corrected chi connectivity index (χ4v) is 3.39. The number of ether oxygens (including phenoxy) is 1. The SMILES string of the molecule is CCOc1ccccc1/C=C1\SC(=O)N(Cc2ccc(Cl)cc2)C1=O. The van der Waals surface area contributed by atoms with Gasteiger partial charge in [0.2, 0.25) is 0 Å². The van der Waals surface area contributed by atoms with Gasteiger partial charge in [0.1, 0.15) is 5.75 Å². The predicted molar refractivity (Wildman–Crippen MR) is 101 cm³/mol. The Morgan fingerprint density at radius 1 is 1.12 bits per heavy atom. The molecule has 2 amide bonds. The van der Waals surface area contributed by atoms with Crippen LogP contribution in [0.3, 0.4) is 0 Å². The van der Waals surface area contributed by atoms with E-state index in [1.807, 2.05) is 31.2 Å². The number of amides is 2. The van der Waals surface area contributed by atoms with Crippen molar-refractivity contribution in [1.29, 1.82) is 0 Å². The maximum absolute atomic E-state index is 12.6. The van der Waals surface area contributed by atoms with E-state index < -0.39 is 0 Å². The first-order chi connectivity index (χ1) is 12.1. The average Bonchev–Trinajstić information content (AvgIpc) is 2.86. The van der Waals surface area contributed by atoms with Crippen LogP contribution in [0, 0.1) is 0 Å². The van der Waals surface area contributed by atoms with Crippen molar-refractivity contribution in [3.05, 3.63) is 69.6 Å². The van der Waals surface area contributed by atoms with Crippen LogP contribution >= 0.6 is 23.4 Å². The Labute approximate surface area is 155 Å². The molecule has 0 radical (unpaired) electrons. The van der Waals surface area contributed by atoms with Gasteiger partial charge in [-0.05, 0) is 48.5 Å². The van der Waals surface area contributed by atoms with E-state index in [-0.39, 0.29) is 17.7 Å². The summed E-state index contributed by atoms with van der Waals surface area (Å²) in [6, 6.07) is 14.5. The number of hydrogen-bond acceptors (Lipinski definition) is 4. The van der Waals surface area contributed by atoms with Crippen molar-refractivity contribution in [1.82, 2.24) is 4.90 Å². The van der Waals surface area contributed by atoms with E-state index in [4.69, 9.17) is 16.3 Å². The molecule has 0 spiro atoms. The van der Waals surface area contributed by atoms with E-state index in [0.717, 1.165) is 22.9 Å². The van der Waals surface area contributed by atoms with Gasteiger partial charge in [-0.15, -0.1) is 0 Å². The Balaban J connectivity index is 1.82. The van der Waals surface area contributed by atoms with Gasteiger partial charge in [0.15, 0.2) is 0 Å². The van der Waals surface area contributed by atoms with Crippen LogP contribution in [-0.4, -0.2) is 22.7 Å². The highest BCUT2D eigenvalue weighted by molar-refractivity contribution is 8.18. The summed E-state index contributed by atoms with van der Waals surface area (Å²) in [4.78, 5) is 26.5. The molecule has 3 rings (SSSR count). The molecular weight excluding hydrogens is 358 g/mol. The number of rotatable bonds is 5. The van der Waals surface area contributed by atoms with Gasteiger partial charge in [0.05, 0.1) is 18.1 Å². The molecule has 0 saturated carbocycles. The first kappa shape index (κ1) is 17.6. The maximum Gasteiger partial charge on any atom is 0.293 e. The predicted octanol–water partition coefficient (Wildman–Crippen LogP) is 4.98. The van der Waals surface area contributed by atoms with Gasteiger partial charge in [-0.1, -0.05) is 41.9 Å². The second-order valence-electron chi connectivity index (χ2n) is 5.37. The molecule has 2 aromatic carbocycles. The first-order valence-corrected chi connectivity index (χ1v) is 8.99. The van der Waals surface area contributed by atoms with Crippen molar-refractivity contribution < 1.29 is 14.3 Å². The fraction of sp³-hybridized carbons (Fsp3) is 0.158. The molecule has 0 atom stereocenters.